The summed E-state index contributed by atoms with van der Waals surface area (Å²) in [7, 11) is -3.15. The van der Waals surface area contributed by atoms with Crippen LogP contribution in [0.5, 0.6) is 0 Å². The molecule has 9 heteroatoms. The second kappa shape index (κ2) is 7.49. The van der Waals surface area contributed by atoms with Crippen LogP contribution in [-0.2, 0) is 19.4 Å². The van der Waals surface area contributed by atoms with Gasteiger partial charge in [0.15, 0.2) is 28.0 Å². The van der Waals surface area contributed by atoms with Crippen LogP contribution < -0.4 is 5.32 Å². The third-order valence-corrected chi connectivity index (χ3v) is 6.87. The Labute approximate surface area is 172 Å². The molecule has 0 radical (unpaired) electrons. The molecule has 1 aliphatic heterocycles. The number of sulfone groups is 1. The molecule has 4 rings (SSSR count). The lowest BCUT2D eigenvalue weighted by Gasteiger charge is -2.19. The molecule has 1 N–H and O–H groups in total. The van der Waals surface area contributed by atoms with E-state index in [2.05, 4.69) is 5.32 Å². The van der Waals surface area contributed by atoms with Crippen molar-refractivity contribution >= 4 is 33.3 Å². The van der Waals surface area contributed by atoms with E-state index in [-0.39, 0.29) is 45.1 Å². The first kappa shape index (κ1) is 20.0. The number of carbonyl (C=O) groups is 4. The molecule has 1 heterocycles. The van der Waals surface area contributed by atoms with Crippen molar-refractivity contribution in [2.45, 2.75) is 12.5 Å². The highest BCUT2D eigenvalue weighted by Gasteiger charge is 2.33. The maximum atomic E-state index is 12.9. The van der Waals surface area contributed by atoms with Crippen LogP contribution in [0.25, 0.3) is 0 Å². The topological polar surface area (TPSA) is 124 Å². The molecule has 2 aliphatic rings. The Morgan fingerprint density at radius 1 is 0.967 bits per heavy atom. The Balaban J connectivity index is 1.50. The molecule has 1 amide bonds. The zero-order chi connectivity index (χ0) is 21.5. The molecule has 8 nitrogen and oxygen atoms in total. The second-order valence-corrected chi connectivity index (χ2v) is 9.40. The third-order valence-electron chi connectivity index (χ3n) is 5.10. The van der Waals surface area contributed by atoms with Gasteiger partial charge in [0.05, 0.1) is 17.1 Å². The minimum atomic E-state index is -3.15. The number of hydrogen-bond acceptors (Lipinski definition) is 7. The van der Waals surface area contributed by atoms with Gasteiger partial charge in [-0.05, 0) is 12.5 Å². The van der Waals surface area contributed by atoms with Crippen LogP contribution in [0.2, 0.25) is 0 Å². The molecule has 0 saturated carbocycles. The van der Waals surface area contributed by atoms with Crippen LogP contribution in [-0.4, -0.2) is 56.0 Å². The van der Waals surface area contributed by atoms with Crippen LogP contribution >= 0.6 is 0 Å². The van der Waals surface area contributed by atoms with Crippen LogP contribution in [0, 0.1) is 0 Å². The fraction of sp³-hybridized carbons (Fsp3) is 0.238. The first-order valence-corrected chi connectivity index (χ1v) is 11.1. The Hall–Kier alpha value is -3.33. The number of carbonyl (C=O) groups excluding carboxylic acids is 4. The van der Waals surface area contributed by atoms with Gasteiger partial charge < -0.3 is 10.1 Å². The molecular formula is C21H17NO7S. The van der Waals surface area contributed by atoms with Crippen LogP contribution in [0.4, 0.5) is 0 Å². The van der Waals surface area contributed by atoms with Gasteiger partial charge in [-0.25, -0.2) is 13.2 Å². The Morgan fingerprint density at radius 2 is 1.63 bits per heavy atom. The summed E-state index contributed by atoms with van der Waals surface area (Å²) < 4.78 is 27.9. The number of rotatable bonds is 4. The Kier molecular flexibility index (Phi) is 4.98. The normalized spacial score (nSPS) is 19.0. The van der Waals surface area contributed by atoms with Gasteiger partial charge in [-0.2, -0.15) is 0 Å². The predicted molar refractivity (Wildman–Crippen MR) is 105 cm³/mol. The van der Waals surface area contributed by atoms with Gasteiger partial charge in [-0.15, -0.1) is 0 Å². The van der Waals surface area contributed by atoms with Gasteiger partial charge in [-0.1, -0.05) is 36.4 Å². The molecular weight excluding hydrogens is 410 g/mol. The average molecular weight is 427 g/mol. The van der Waals surface area contributed by atoms with Crippen molar-refractivity contribution in [1.29, 1.82) is 0 Å². The van der Waals surface area contributed by atoms with Crippen LogP contribution in [0.1, 0.15) is 48.6 Å². The standard InChI is InChI=1S/C21H17NO7S/c23-17(22-12-8-9-30(27,28)11-12)10-29-21(26)16-7-3-6-15-18(16)20(25)14-5-2-1-4-13(14)19(15)24/h1-7,12H,8-11H2,(H,22,23). The molecule has 2 aromatic rings. The molecule has 1 fully saturated rings. The number of benzene rings is 2. The maximum absolute atomic E-state index is 12.9. The molecule has 1 saturated heterocycles. The number of amides is 1. The quantitative estimate of drug-likeness (QED) is 0.614. The summed E-state index contributed by atoms with van der Waals surface area (Å²) in [5, 5.41) is 2.52. The molecule has 30 heavy (non-hydrogen) atoms. The Morgan fingerprint density at radius 3 is 2.30 bits per heavy atom. The van der Waals surface area contributed by atoms with Crippen molar-refractivity contribution in [3.63, 3.8) is 0 Å². The van der Waals surface area contributed by atoms with E-state index in [0.717, 1.165) is 0 Å². The smallest absolute Gasteiger partial charge is 0.339 e. The highest BCUT2D eigenvalue weighted by Crippen LogP contribution is 2.29. The summed E-state index contributed by atoms with van der Waals surface area (Å²) in [5.74, 6) is -2.52. The highest BCUT2D eigenvalue weighted by atomic mass is 32.2. The summed E-state index contributed by atoms with van der Waals surface area (Å²) in [5.41, 5.74) is 0.431. The van der Waals surface area contributed by atoms with Gasteiger partial charge in [-0.3, -0.25) is 14.4 Å². The average Bonchev–Trinajstić information content (AvgIpc) is 3.07. The molecule has 0 spiro atoms. The molecule has 1 unspecified atom stereocenters. The zero-order valence-electron chi connectivity index (χ0n) is 15.7. The van der Waals surface area contributed by atoms with Gasteiger partial charge in [0, 0.05) is 28.3 Å². The van der Waals surface area contributed by atoms with Gasteiger partial charge >= 0.3 is 5.97 Å². The van der Waals surface area contributed by atoms with Crippen molar-refractivity contribution in [1.82, 2.24) is 5.32 Å². The van der Waals surface area contributed by atoms with Gasteiger partial charge in [0.25, 0.3) is 5.91 Å². The highest BCUT2D eigenvalue weighted by molar-refractivity contribution is 7.91. The lowest BCUT2D eigenvalue weighted by atomic mass is 9.82. The number of ether oxygens (including phenoxy) is 1. The van der Waals surface area contributed by atoms with E-state index in [1.165, 1.54) is 24.3 Å². The lowest BCUT2D eigenvalue weighted by molar-refractivity contribution is -0.124. The predicted octanol–water partition coefficient (Wildman–Crippen LogP) is 0.922. The van der Waals surface area contributed by atoms with Crippen molar-refractivity contribution in [3.05, 3.63) is 70.3 Å². The number of fused-ring (bicyclic) bond motifs is 2. The minimum Gasteiger partial charge on any atom is -0.452 e. The largest absolute Gasteiger partial charge is 0.452 e. The maximum Gasteiger partial charge on any atom is 0.339 e. The molecule has 154 valence electrons. The van der Waals surface area contributed by atoms with Gasteiger partial charge in [0.1, 0.15) is 0 Å². The summed E-state index contributed by atoms with van der Waals surface area (Å²) in [6.07, 6.45) is 0.310. The second-order valence-electron chi connectivity index (χ2n) is 7.18. The van der Waals surface area contributed by atoms with Crippen molar-refractivity contribution < 1.29 is 32.3 Å². The SMILES string of the molecule is O=C(COC(=O)c1cccc2c1C(=O)c1ccccc1C2=O)NC1CCS(=O)(=O)C1. The fourth-order valence-electron chi connectivity index (χ4n) is 3.70. The van der Waals surface area contributed by atoms with Gasteiger partial charge in [0.2, 0.25) is 0 Å². The lowest BCUT2D eigenvalue weighted by Crippen LogP contribution is -2.38. The van der Waals surface area contributed by atoms with E-state index in [1.807, 2.05) is 0 Å². The summed E-state index contributed by atoms with van der Waals surface area (Å²) in [6.45, 7) is -0.627. The van der Waals surface area contributed by atoms with E-state index in [4.69, 9.17) is 4.74 Å². The van der Waals surface area contributed by atoms with Crippen molar-refractivity contribution in [2.75, 3.05) is 18.1 Å². The fourth-order valence-corrected chi connectivity index (χ4v) is 5.38. The monoisotopic (exact) mass is 427 g/mol. The first-order valence-electron chi connectivity index (χ1n) is 9.25. The summed E-state index contributed by atoms with van der Waals surface area (Å²) in [6, 6.07) is 10.1. The van der Waals surface area contributed by atoms with Crippen molar-refractivity contribution in [3.8, 4) is 0 Å². The molecule has 1 atom stereocenters. The molecule has 1 aliphatic carbocycles. The van der Waals surface area contributed by atoms with Crippen molar-refractivity contribution in [2.24, 2.45) is 0 Å². The van der Waals surface area contributed by atoms with E-state index < -0.39 is 40.1 Å². The summed E-state index contributed by atoms with van der Waals surface area (Å²) >= 11 is 0. The molecule has 0 bridgehead atoms. The number of esters is 1. The Bertz CT molecular complexity index is 1200. The van der Waals surface area contributed by atoms with E-state index >= 15 is 0 Å². The van der Waals surface area contributed by atoms with E-state index in [9.17, 15) is 27.6 Å². The minimum absolute atomic E-state index is 0.00546. The zero-order valence-corrected chi connectivity index (χ0v) is 16.5. The number of hydrogen-bond donors (Lipinski definition) is 1. The number of ketones is 2. The van der Waals surface area contributed by atoms with E-state index in [0.29, 0.717) is 6.42 Å². The number of nitrogens with one attached hydrogen (secondary N) is 1. The molecule has 0 aromatic heterocycles. The molecule has 2 aromatic carbocycles. The van der Waals surface area contributed by atoms with E-state index in [1.54, 1.807) is 18.2 Å². The summed E-state index contributed by atoms with van der Waals surface area (Å²) in [4.78, 5) is 50.2. The first-order chi connectivity index (χ1) is 14.3. The van der Waals surface area contributed by atoms with Crippen LogP contribution in [0.15, 0.2) is 42.5 Å². The third kappa shape index (κ3) is 3.63. The van der Waals surface area contributed by atoms with Crippen LogP contribution in [0.3, 0.4) is 0 Å².